The molecule has 0 fully saturated rings. The van der Waals surface area contributed by atoms with E-state index in [1.807, 2.05) is 6.92 Å². The number of aromatic nitrogens is 2. The van der Waals surface area contributed by atoms with E-state index in [1.54, 1.807) is 48.5 Å². The van der Waals surface area contributed by atoms with Crippen molar-refractivity contribution in [2.24, 2.45) is 0 Å². The van der Waals surface area contributed by atoms with Gasteiger partial charge in [-0.05, 0) is 43.3 Å². The SMILES string of the molecule is CC(=O)Nc1ccc(C(=O)Nc2nnc(CCNS(=O)(=O)c3ccc(C)cc3)s2)cc1. The predicted molar refractivity (Wildman–Crippen MR) is 119 cm³/mol. The zero-order valence-corrected chi connectivity index (χ0v) is 18.5. The highest BCUT2D eigenvalue weighted by Gasteiger charge is 2.14. The van der Waals surface area contributed by atoms with Gasteiger partial charge in [-0.3, -0.25) is 14.9 Å². The fourth-order valence-corrected chi connectivity index (χ4v) is 4.34. The molecule has 3 N–H and O–H groups in total. The summed E-state index contributed by atoms with van der Waals surface area (Å²) >= 11 is 1.17. The van der Waals surface area contributed by atoms with Gasteiger partial charge in [0.15, 0.2) is 0 Å². The highest BCUT2D eigenvalue weighted by Crippen LogP contribution is 2.18. The number of anilines is 2. The van der Waals surface area contributed by atoms with Crippen LogP contribution in [0.25, 0.3) is 0 Å². The van der Waals surface area contributed by atoms with E-state index >= 15 is 0 Å². The first-order valence-corrected chi connectivity index (χ1v) is 11.6. The van der Waals surface area contributed by atoms with E-state index in [0.29, 0.717) is 27.8 Å². The molecule has 0 aliphatic carbocycles. The molecule has 2 amide bonds. The summed E-state index contributed by atoms with van der Waals surface area (Å²) in [6, 6.07) is 13.0. The summed E-state index contributed by atoms with van der Waals surface area (Å²) in [6.45, 7) is 3.45. The van der Waals surface area contributed by atoms with Crippen molar-refractivity contribution in [3.63, 3.8) is 0 Å². The van der Waals surface area contributed by atoms with Crippen molar-refractivity contribution in [2.75, 3.05) is 17.2 Å². The van der Waals surface area contributed by atoms with E-state index < -0.39 is 10.0 Å². The highest BCUT2D eigenvalue weighted by atomic mass is 32.2. The summed E-state index contributed by atoms with van der Waals surface area (Å²) in [5, 5.41) is 14.1. The Labute approximate surface area is 184 Å². The molecule has 0 bridgehead atoms. The summed E-state index contributed by atoms with van der Waals surface area (Å²) in [4.78, 5) is 23.6. The molecule has 1 aromatic heterocycles. The Kier molecular flexibility index (Phi) is 7.10. The van der Waals surface area contributed by atoms with Gasteiger partial charge in [-0.2, -0.15) is 0 Å². The maximum absolute atomic E-state index is 12.3. The number of hydrogen-bond donors (Lipinski definition) is 3. The second-order valence-electron chi connectivity index (χ2n) is 6.67. The van der Waals surface area contributed by atoms with Gasteiger partial charge in [0.2, 0.25) is 21.1 Å². The molecule has 3 rings (SSSR count). The number of nitrogens with zero attached hydrogens (tertiary/aromatic N) is 2. The lowest BCUT2D eigenvalue weighted by molar-refractivity contribution is -0.114. The second-order valence-corrected chi connectivity index (χ2v) is 9.50. The number of aryl methyl sites for hydroxylation is 1. The molecule has 0 aliphatic heterocycles. The normalized spacial score (nSPS) is 11.2. The minimum atomic E-state index is -3.60. The average Bonchev–Trinajstić information content (AvgIpc) is 3.15. The van der Waals surface area contributed by atoms with Crippen LogP contribution in [0.15, 0.2) is 53.4 Å². The molecule has 1 heterocycles. The third kappa shape index (κ3) is 6.41. The van der Waals surface area contributed by atoms with Gasteiger partial charge >= 0.3 is 0 Å². The van der Waals surface area contributed by atoms with Crippen molar-refractivity contribution < 1.29 is 18.0 Å². The van der Waals surface area contributed by atoms with Crippen LogP contribution in [0.4, 0.5) is 10.8 Å². The number of carbonyl (C=O) groups excluding carboxylic acids is 2. The molecule has 2 aromatic carbocycles. The number of carbonyl (C=O) groups is 2. The maximum Gasteiger partial charge on any atom is 0.257 e. The Morgan fingerprint density at radius 2 is 1.65 bits per heavy atom. The van der Waals surface area contributed by atoms with E-state index in [2.05, 4.69) is 25.6 Å². The molecular weight excluding hydrogens is 438 g/mol. The van der Waals surface area contributed by atoms with Gasteiger partial charge in [-0.25, -0.2) is 13.1 Å². The lowest BCUT2D eigenvalue weighted by Gasteiger charge is -2.06. The maximum atomic E-state index is 12.3. The van der Waals surface area contributed by atoms with Crippen LogP contribution in [-0.2, 0) is 21.2 Å². The monoisotopic (exact) mass is 459 g/mol. The third-order valence-corrected chi connectivity index (χ3v) is 6.49. The number of nitrogens with one attached hydrogen (secondary N) is 3. The Bertz CT molecular complexity index is 1170. The van der Waals surface area contributed by atoms with Gasteiger partial charge in [0.25, 0.3) is 5.91 Å². The molecule has 0 atom stereocenters. The van der Waals surface area contributed by atoms with E-state index in [9.17, 15) is 18.0 Å². The van der Waals surface area contributed by atoms with Crippen LogP contribution in [0.3, 0.4) is 0 Å². The van der Waals surface area contributed by atoms with Crippen molar-refractivity contribution >= 4 is 44.0 Å². The molecule has 0 unspecified atom stereocenters. The van der Waals surface area contributed by atoms with Gasteiger partial charge in [-0.15, -0.1) is 10.2 Å². The average molecular weight is 460 g/mol. The first-order valence-electron chi connectivity index (χ1n) is 9.31. The molecule has 162 valence electrons. The van der Waals surface area contributed by atoms with Crippen molar-refractivity contribution in [3.8, 4) is 0 Å². The summed E-state index contributed by atoms with van der Waals surface area (Å²) in [6.07, 6.45) is 0.337. The molecule has 9 nitrogen and oxygen atoms in total. The van der Waals surface area contributed by atoms with Crippen LogP contribution in [0, 0.1) is 6.92 Å². The zero-order chi connectivity index (χ0) is 22.4. The van der Waals surface area contributed by atoms with Crippen molar-refractivity contribution in [3.05, 3.63) is 64.7 Å². The first-order chi connectivity index (χ1) is 14.7. The Hall–Kier alpha value is -3.15. The number of benzene rings is 2. The Morgan fingerprint density at radius 1 is 0.968 bits per heavy atom. The number of rotatable bonds is 8. The van der Waals surface area contributed by atoms with Crippen molar-refractivity contribution in [2.45, 2.75) is 25.2 Å². The molecule has 0 saturated carbocycles. The van der Waals surface area contributed by atoms with Crippen LogP contribution >= 0.6 is 11.3 Å². The quantitative estimate of drug-likeness (QED) is 0.475. The lowest BCUT2D eigenvalue weighted by atomic mass is 10.2. The van der Waals surface area contributed by atoms with E-state index in [0.717, 1.165) is 5.56 Å². The highest BCUT2D eigenvalue weighted by molar-refractivity contribution is 7.89. The van der Waals surface area contributed by atoms with Crippen LogP contribution in [0.1, 0.15) is 27.9 Å². The van der Waals surface area contributed by atoms with Gasteiger partial charge in [0, 0.05) is 31.1 Å². The summed E-state index contributed by atoms with van der Waals surface area (Å²) in [5.41, 5.74) is 1.97. The minimum absolute atomic E-state index is 0.156. The van der Waals surface area contributed by atoms with Gasteiger partial charge in [0.1, 0.15) is 5.01 Å². The predicted octanol–water partition coefficient (Wildman–Crippen LogP) is 2.58. The topological polar surface area (TPSA) is 130 Å². The standard InChI is InChI=1S/C20H21N5O4S2/c1-13-3-9-17(10-4-13)31(28,29)21-12-11-18-24-25-20(30-18)23-19(27)15-5-7-16(8-6-15)22-14(2)26/h3-10,21H,11-12H2,1-2H3,(H,22,26)(H,23,25,27). The molecule has 0 saturated heterocycles. The van der Waals surface area contributed by atoms with E-state index in [-0.39, 0.29) is 23.3 Å². The summed E-state index contributed by atoms with van der Waals surface area (Å²) in [5.74, 6) is -0.558. The van der Waals surface area contributed by atoms with Gasteiger partial charge in [0.05, 0.1) is 4.90 Å². The fraction of sp³-hybridized carbons (Fsp3) is 0.200. The molecule has 0 spiro atoms. The fourth-order valence-electron chi connectivity index (χ4n) is 2.58. The van der Waals surface area contributed by atoms with Crippen LogP contribution in [0.5, 0.6) is 0 Å². The van der Waals surface area contributed by atoms with Crippen molar-refractivity contribution in [1.29, 1.82) is 0 Å². The largest absolute Gasteiger partial charge is 0.326 e. The minimum Gasteiger partial charge on any atom is -0.326 e. The van der Waals surface area contributed by atoms with Crippen LogP contribution in [-0.4, -0.2) is 37.0 Å². The zero-order valence-electron chi connectivity index (χ0n) is 16.9. The molecule has 11 heteroatoms. The van der Waals surface area contributed by atoms with Crippen LogP contribution in [0.2, 0.25) is 0 Å². The lowest BCUT2D eigenvalue weighted by Crippen LogP contribution is -2.25. The summed E-state index contributed by atoms with van der Waals surface area (Å²) in [7, 11) is -3.60. The van der Waals surface area contributed by atoms with Gasteiger partial charge in [-0.1, -0.05) is 29.0 Å². The Morgan fingerprint density at radius 3 is 2.29 bits per heavy atom. The van der Waals surface area contributed by atoms with E-state index in [1.165, 1.54) is 18.3 Å². The molecule has 0 radical (unpaired) electrons. The molecule has 3 aromatic rings. The molecule has 0 aliphatic rings. The van der Waals surface area contributed by atoms with Crippen molar-refractivity contribution in [1.82, 2.24) is 14.9 Å². The number of sulfonamides is 1. The third-order valence-electron chi connectivity index (χ3n) is 4.12. The molecular formula is C20H21N5O4S2. The first kappa shape index (κ1) is 22.5. The van der Waals surface area contributed by atoms with Gasteiger partial charge < -0.3 is 5.32 Å². The summed E-state index contributed by atoms with van der Waals surface area (Å²) < 4.78 is 27.1. The Balaban J connectivity index is 1.52. The molecule has 31 heavy (non-hydrogen) atoms. The number of amides is 2. The smallest absolute Gasteiger partial charge is 0.257 e. The van der Waals surface area contributed by atoms with E-state index in [4.69, 9.17) is 0 Å². The number of hydrogen-bond acceptors (Lipinski definition) is 7. The van der Waals surface area contributed by atoms with Crippen LogP contribution < -0.4 is 15.4 Å². The second kappa shape index (κ2) is 9.77.